The molecule has 184 valence electrons. The van der Waals surface area contributed by atoms with Crippen molar-refractivity contribution in [1.29, 1.82) is 0 Å². The van der Waals surface area contributed by atoms with Gasteiger partial charge in [0, 0.05) is 51.9 Å². The molecule has 0 aliphatic carbocycles. The molecule has 1 saturated heterocycles. The van der Waals surface area contributed by atoms with Gasteiger partial charge in [-0.3, -0.25) is 4.79 Å². The summed E-state index contributed by atoms with van der Waals surface area (Å²) in [7, 11) is 5.36. The van der Waals surface area contributed by atoms with E-state index in [1.54, 1.807) is 23.9 Å². The van der Waals surface area contributed by atoms with E-state index in [2.05, 4.69) is 41.4 Å². The third-order valence-electron chi connectivity index (χ3n) is 6.81. The molecule has 3 aromatic carbocycles. The topological polar surface area (TPSA) is 72.5 Å². The molecule has 0 saturated carbocycles. The summed E-state index contributed by atoms with van der Waals surface area (Å²) in [6.07, 6.45) is 0.906. The van der Waals surface area contributed by atoms with E-state index < -0.39 is 0 Å². The maximum absolute atomic E-state index is 13.2. The first-order chi connectivity index (χ1) is 17.4. The first kappa shape index (κ1) is 23.6. The maximum atomic E-state index is 13.2. The van der Waals surface area contributed by atoms with Gasteiger partial charge in [0.2, 0.25) is 0 Å². The van der Waals surface area contributed by atoms with E-state index in [1.807, 2.05) is 48.3 Å². The number of rotatable bonds is 5. The number of nitrogens with zero attached hydrogens (tertiary/aromatic N) is 4. The fraction of sp³-hybridized carbons (Fsp3) is 0.276. The van der Waals surface area contributed by atoms with Gasteiger partial charge in [0.25, 0.3) is 5.91 Å². The van der Waals surface area contributed by atoms with Gasteiger partial charge < -0.3 is 19.7 Å². The Hall–Kier alpha value is -4.13. The van der Waals surface area contributed by atoms with Crippen molar-refractivity contribution in [2.75, 3.05) is 40.8 Å². The number of benzene rings is 3. The van der Waals surface area contributed by atoms with Crippen molar-refractivity contribution in [2.24, 2.45) is 5.92 Å². The van der Waals surface area contributed by atoms with Gasteiger partial charge in [-0.25, -0.2) is 9.78 Å². The minimum Gasteiger partial charge on any atom is -0.341 e. The Bertz CT molecular complexity index is 1380. The number of urea groups is 1. The number of H-pyrrole nitrogens is 1. The van der Waals surface area contributed by atoms with Crippen molar-refractivity contribution in [3.8, 4) is 22.5 Å². The van der Waals surface area contributed by atoms with Crippen molar-refractivity contribution >= 4 is 23.0 Å². The summed E-state index contributed by atoms with van der Waals surface area (Å²) in [5.74, 6) is 1.03. The molecular weight excluding hydrogens is 450 g/mol. The van der Waals surface area contributed by atoms with Crippen LogP contribution in [0.25, 0.3) is 33.5 Å². The average molecular weight is 482 g/mol. The van der Waals surface area contributed by atoms with Crippen LogP contribution in [0, 0.1) is 5.92 Å². The van der Waals surface area contributed by atoms with Crippen molar-refractivity contribution in [1.82, 2.24) is 24.7 Å². The normalized spacial score (nSPS) is 15.3. The highest BCUT2D eigenvalue weighted by molar-refractivity contribution is 5.97. The molecule has 36 heavy (non-hydrogen) atoms. The van der Waals surface area contributed by atoms with E-state index in [1.165, 1.54) is 5.56 Å². The van der Waals surface area contributed by atoms with Gasteiger partial charge in [-0.2, -0.15) is 0 Å². The van der Waals surface area contributed by atoms with Crippen molar-refractivity contribution in [3.63, 3.8) is 0 Å². The van der Waals surface area contributed by atoms with Crippen LogP contribution < -0.4 is 0 Å². The minimum absolute atomic E-state index is 0.0293. The second-order valence-corrected chi connectivity index (χ2v) is 9.72. The maximum Gasteiger partial charge on any atom is 0.319 e. The van der Waals surface area contributed by atoms with Gasteiger partial charge in [-0.15, -0.1) is 0 Å². The van der Waals surface area contributed by atoms with Crippen molar-refractivity contribution in [3.05, 3.63) is 78.4 Å². The highest BCUT2D eigenvalue weighted by Crippen LogP contribution is 2.26. The van der Waals surface area contributed by atoms with Crippen LogP contribution in [0.3, 0.4) is 0 Å². The largest absolute Gasteiger partial charge is 0.341 e. The summed E-state index contributed by atoms with van der Waals surface area (Å²) in [5.41, 5.74) is 5.61. The monoisotopic (exact) mass is 481 g/mol. The van der Waals surface area contributed by atoms with Crippen molar-refractivity contribution in [2.45, 2.75) is 6.42 Å². The zero-order chi connectivity index (χ0) is 25.2. The summed E-state index contributed by atoms with van der Waals surface area (Å²) in [6.45, 7) is 2.04. The number of amides is 3. The number of nitrogens with one attached hydrogen (secondary N) is 1. The van der Waals surface area contributed by atoms with Gasteiger partial charge >= 0.3 is 6.03 Å². The molecule has 2 heterocycles. The standard InChI is InChI=1S/C29H31N5O2/c1-32(2)29(36)34-16-15-20(19-34)18-33(3)28(35)24-13-14-25-26(17-24)31-27(30-25)23-11-9-22(10-12-23)21-7-5-4-6-8-21/h4-14,17,20H,15-16,18-19H2,1-3H3,(H,30,31). The van der Waals surface area contributed by atoms with Crippen LogP contribution in [0.1, 0.15) is 16.8 Å². The molecule has 1 unspecified atom stereocenters. The van der Waals surface area contributed by atoms with E-state index in [4.69, 9.17) is 4.98 Å². The molecule has 1 aromatic heterocycles. The van der Waals surface area contributed by atoms with E-state index in [0.29, 0.717) is 18.7 Å². The van der Waals surface area contributed by atoms with Gasteiger partial charge in [0.15, 0.2) is 0 Å². The first-order valence-corrected chi connectivity index (χ1v) is 12.3. The lowest BCUT2D eigenvalue weighted by atomic mass is 10.0. The Morgan fingerprint density at radius 1 is 0.944 bits per heavy atom. The SMILES string of the molecule is CN(C)C(=O)N1CCC(CN(C)C(=O)c2ccc3nc(-c4ccc(-c5ccccc5)cc4)[nH]c3c2)C1. The number of carbonyl (C=O) groups is 2. The van der Waals surface area contributed by atoms with Crippen LogP contribution in [-0.4, -0.2) is 77.4 Å². The Morgan fingerprint density at radius 3 is 2.36 bits per heavy atom. The molecule has 4 aromatic rings. The molecule has 0 spiro atoms. The van der Waals surface area contributed by atoms with E-state index in [0.717, 1.165) is 41.0 Å². The molecule has 1 aliphatic rings. The van der Waals surface area contributed by atoms with Crippen molar-refractivity contribution < 1.29 is 9.59 Å². The Kier molecular flexibility index (Phi) is 6.46. The molecule has 5 rings (SSSR count). The number of imidazole rings is 1. The van der Waals surface area contributed by atoms with Crippen LogP contribution >= 0.6 is 0 Å². The molecule has 1 aliphatic heterocycles. The van der Waals surface area contributed by atoms with Gasteiger partial charge in [-0.05, 0) is 41.7 Å². The lowest BCUT2D eigenvalue weighted by Crippen LogP contribution is -2.39. The zero-order valence-electron chi connectivity index (χ0n) is 20.9. The summed E-state index contributed by atoms with van der Waals surface area (Å²) < 4.78 is 0. The second kappa shape index (κ2) is 9.85. The van der Waals surface area contributed by atoms with E-state index >= 15 is 0 Å². The number of fused-ring (bicyclic) bond motifs is 1. The predicted octanol–water partition coefficient (Wildman–Crippen LogP) is 4.97. The number of hydrogen-bond donors (Lipinski definition) is 1. The lowest BCUT2D eigenvalue weighted by molar-refractivity contribution is 0.0774. The van der Waals surface area contributed by atoms with E-state index in [9.17, 15) is 9.59 Å². The number of carbonyl (C=O) groups excluding carboxylic acids is 2. The highest BCUT2D eigenvalue weighted by Gasteiger charge is 2.29. The highest BCUT2D eigenvalue weighted by atomic mass is 16.2. The lowest BCUT2D eigenvalue weighted by Gasteiger charge is -2.23. The van der Waals surface area contributed by atoms with E-state index in [-0.39, 0.29) is 17.9 Å². The van der Waals surface area contributed by atoms with Crippen LogP contribution in [-0.2, 0) is 0 Å². The van der Waals surface area contributed by atoms with Gasteiger partial charge in [0.1, 0.15) is 5.82 Å². The first-order valence-electron chi connectivity index (χ1n) is 12.3. The molecule has 7 nitrogen and oxygen atoms in total. The average Bonchev–Trinajstić information content (AvgIpc) is 3.55. The predicted molar refractivity (Wildman–Crippen MR) is 143 cm³/mol. The Morgan fingerprint density at radius 2 is 1.64 bits per heavy atom. The van der Waals surface area contributed by atoms with Crippen LogP contribution in [0.5, 0.6) is 0 Å². The Balaban J connectivity index is 1.27. The fourth-order valence-corrected chi connectivity index (χ4v) is 4.86. The molecular formula is C29H31N5O2. The number of aromatic nitrogens is 2. The minimum atomic E-state index is -0.0300. The zero-order valence-corrected chi connectivity index (χ0v) is 20.9. The molecule has 1 atom stereocenters. The third kappa shape index (κ3) is 4.82. The molecule has 7 heteroatoms. The second-order valence-electron chi connectivity index (χ2n) is 9.72. The number of hydrogen-bond acceptors (Lipinski definition) is 3. The molecule has 1 N–H and O–H groups in total. The summed E-state index contributed by atoms with van der Waals surface area (Å²) in [6, 6.07) is 24.2. The van der Waals surface area contributed by atoms with Gasteiger partial charge in [-0.1, -0.05) is 54.6 Å². The number of likely N-dealkylation sites (tertiary alicyclic amines) is 1. The summed E-state index contributed by atoms with van der Waals surface area (Å²) in [5, 5.41) is 0. The smallest absolute Gasteiger partial charge is 0.319 e. The van der Waals surface area contributed by atoms with Crippen LogP contribution in [0.4, 0.5) is 4.79 Å². The molecule has 3 amide bonds. The quantitative estimate of drug-likeness (QED) is 0.437. The van der Waals surface area contributed by atoms with Crippen LogP contribution in [0.15, 0.2) is 72.8 Å². The van der Waals surface area contributed by atoms with Gasteiger partial charge in [0.05, 0.1) is 11.0 Å². The van der Waals surface area contributed by atoms with Crippen LogP contribution in [0.2, 0.25) is 0 Å². The summed E-state index contributed by atoms with van der Waals surface area (Å²) in [4.78, 5) is 38.7. The Labute approximate surface area is 211 Å². The molecule has 1 fully saturated rings. The fourth-order valence-electron chi connectivity index (χ4n) is 4.86. The number of aromatic amines is 1. The third-order valence-corrected chi connectivity index (χ3v) is 6.81. The summed E-state index contributed by atoms with van der Waals surface area (Å²) >= 11 is 0. The molecule has 0 bridgehead atoms. The molecule has 0 radical (unpaired) electrons.